The van der Waals surface area contributed by atoms with Gasteiger partial charge in [0.25, 0.3) is 0 Å². The number of nitrogens with zero attached hydrogens (tertiary/aromatic N) is 1. The largest absolute Gasteiger partial charge is 0.491 e. The summed E-state index contributed by atoms with van der Waals surface area (Å²) in [7, 11) is 0. The number of pyridine rings is 1. The summed E-state index contributed by atoms with van der Waals surface area (Å²) in [6, 6.07) is 10.8. The van der Waals surface area contributed by atoms with Crippen molar-refractivity contribution in [1.29, 1.82) is 0 Å². The third kappa shape index (κ3) is 3.79. The first kappa shape index (κ1) is 13.5. The molecule has 0 spiro atoms. The smallest absolute Gasteiger partial charge is 0.314 e. The van der Waals surface area contributed by atoms with Crippen LogP contribution in [-0.2, 0) is 4.79 Å². The number of benzene rings is 1. The molecule has 1 unspecified atom stereocenters. The lowest BCUT2D eigenvalue weighted by atomic mass is 10.0. The van der Waals surface area contributed by atoms with Gasteiger partial charge < -0.3 is 9.84 Å². The number of rotatable bonds is 5. The molecule has 2 aromatic rings. The maximum Gasteiger partial charge on any atom is 0.314 e. The predicted octanol–water partition coefficient (Wildman–Crippen LogP) is 3.09. The molecule has 0 amide bonds. The number of hydrogen-bond acceptors (Lipinski definition) is 3. The lowest BCUT2D eigenvalue weighted by Gasteiger charge is -2.14. The summed E-state index contributed by atoms with van der Waals surface area (Å²) < 4.78 is 6.28. The molecule has 0 radical (unpaired) electrons. The van der Waals surface area contributed by atoms with Gasteiger partial charge in [0.2, 0.25) is 0 Å². The molecule has 0 saturated carbocycles. The quantitative estimate of drug-likeness (QED) is 0.919. The SMILES string of the molecule is O=C(O)C(COc1cncc(Br)c1)c1ccccc1. The average molecular weight is 322 g/mol. The van der Waals surface area contributed by atoms with E-state index in [0.717, 1.165) is 10.0 Å². The minimum atomic E-state index is -0.908. The molecule has 0 fully saturated rings. The summed E-state index contributed by atoms with van der Waals surface area (Å²) in [5, 5.41) is 9.25. The Morgan fingerprint density at radius 2 is 2.05 bits per heavy atom. The number of carboxylic acid groups (broad SMARTS) is 1. The topological polar surface area (TPSA) is 59.4 Å². The van der Waals surface area contributed by atoms with Gasteiger partial charge in [0.05, 0.1) is 6.20 Å². The third-order valence-electron chi connectivity index (χ3n) is 2.60. The molecule has 0 aliphatic rings. The van der Waals surface area contributed by atoms with Crippen molar-refractivity contribution in [3.63, 3.8) is 0 Å². The molecule has 0 saturated heterocycles. The van der Waals surface area contributed by atoms with Crippen LogP contribution in [0.15, 0.2) is 53.3 Å². The number of carboxylic acids is 1. The zero-order valence-electron chi connectivity index (χ0n) is 9.99. The fraction of sp³-hybridized carbons (Fsp3) is 0.143. The minimum absolute atomic E-state index is 0.0669. The molecule has 0 bridgehead atoms. The molecule has 0 aliphatic carbocycles. The highest BCUT2D eigenvalue weighted by atomic mass is 79.9. The van der Waals surface area contributed by atoms with Gasteiger partial charge in [-0.25, -0.2) is 0 Å². The fourth-order valence-electron chi connectivity index (χ4n) is 1.65. The van der Waals surface area contributed by atoms with Gasteiger partial charge in [-0.2, -0.15) is 0 Å². The monoisotopic (exact) mass is 321 g/mol. The molecule has 1 aromatic heterocycles. The van der Waals surface area contributed by atoms with E-state index in [1.54, 1.807) is 30.6 Å². The van der Waals surface area contributed by atoms with Gasteiger partial charge in [0.15, 0.2) is 0 Å². The van der Waals surface area contributed by atoms with Crippen LogP contribution in [0, 0.1) is 0 Å². The van der Waals surface area contributed by atoms with Crippen LogP contribution in [-0.4, -0.2) is 22.7 Å². The van der Waals surface area contributed by atoms with Crippen LogP contribution in [0.1, 0.15) is 11.5 Å². The zero-order chi connectivity index (χ0) is 13.7. The molecule has 1 atom stereocenters. The van der Waals surface area contributed by atoms with E-state index in [-0.39, 0.29) is 6.61 Å². The summed E-state index contributed by atoms with van der Waals surface area (Å²) in [4.78, 5) is 15.2. The molecule has 19 heavy (non-hydrogen) atoms. The summed E-state index contributed by atoms with van der Waals surface area (Å²) in [5.74, 6) is -1.06. The second kappa shape index (κ2) is 6.33. The Kier molecular flexibility index (Phi) is 4.52. The Hall–Kier alpha value is -1.88. The zero-order valence-corrected chi connectivity index (χ0v) is 11.6. The molecule has 98 valence electrons. The number of hydrogen-bond donors (Lipinski definition) is 1. The molecule has 4 nitrogen and oxygen atoms in total. The van der Waals surface area contributed by atoms with E-state index in [2.05, 4.69) is 20.9 Å². The normalized spacial score (nSPS) is 11.8. The number of ether oxygens (including phenoxy) is 1. The first-order valence-electron chi connectivity index (χ1n) is 5.68. The van der Waals surface area contributed by atoms with E-state index in [0.29, 0.717) is 5.75 Å². The van der Waals surface area contributed by atoms with E-state index in [4.69, 9.17) is 4.74 Å². The summed E-state index contributed by atoms with van der Waals surface area (Å²) in [6.07, 6.45) is 3.19. The predicted molar refractivity (Wildman–Crippen MR) is 74.3 cm³/mol. The van der Waals surface area contributed by atoms with Gasteiger partial charge in [-0.3, -0.25) is 9.78 Å². The first-order chi connectivity index (χ1) is 9.16. The average Bonchev–Trinajstić information content (AvgIpc) is 2.40. The molecule has 1 heterocycles. The highest BCUT2D eigenvalue weighted by Crippen LogP contribution is 2.20. The third-order valence-corrected chi connectivity index (χ3v) is 3.03. The second-order valence-corrected chi connectivity index (χ2v) is 4.87. The van der Waals surface area contributed by atoms with Crippen molar-refractivity contribution in [2.75, 3.05) is 6.61 Å². The van der Waals surface area contributed by atoms with Crippen LogP contribution in [0.5, 0.6) is 5.75 Å². The number of halogens is 1. The standard InChI is InChI=1S/C14H12BrNO3/c15-11-6-12(8-16-7-11)19-9-13(14(17)18)10-4-2-1-3-5-10/h1-8,13H,9H2,(H,17,18). The van der Waals surface area contributed by atoms with Crippen LogP contribution in [0.4, 0.5) is 0 Å². The van der Waals surface area contributed by atoms with Crippen LogP contribution in [0.2, 0.25) is 0 Å². The van der Waals surface area contributed by atoms with Crippen molar-refractivity contribution in [2.45, 2.75) is 5.92 Å². The van der Waals surface area contributed by atoms with E-state index >= 15 is 0 Å². The van der Waals surface area contributed by atoms with Crippen molar-refractivity contribution in [1.82, 2.24) is 4.98 Å². The maximum atomic E-state index is 11.3. The van der Waals surface area contributed by atoms with Crippen LogP contribution < -0.4 is 4.74 Å². The lowest BCUT2D eigenvalue weighted by molar-refractivity contribution is -0.139. The Labute approximate surface area is 119 Å². The Bertz CT molecular complexity index is 560. The van der Waals surface area contributed by atoms with Crippen LogP contribution in [0.25, 0.3) is 0 Å². The lowest BCUT2D eigenvalue weighted by Crippen LogP contribution is -2.19. The fourth-order valence-corrected chi connectivity index (χ4v) is 1.99. The van der Waals surface area contributed by atoms with Crippen LogP contribution in [0.3, 0.4) is 0 Å². The van der Waals surface area contributed by atoms with Gasteiger partial charge in [-0.15, -0.1) is 0 Å². The van der Waals surface area contributed by atoms with Gasteiger partial charge in [-0.05, 0) is 27.6 Å². The first-order valence-corrected chi connectivity index (χ1v) is 6.47. The van der Waals surface area contributed by atoms with Crippen molar-refractivity contribution in [3.05, 3.63) is 58.8 Å². The van der Waals surface area contributed by atoms with Crippen molar-refractivity contribution in [3.8, 4) is 5.75 Å². The molecule has 0 aliphatic heterocycles. The van der Waals surface area contributed by atoms with Crippen molar-refractivity contribution >= 4 is 21.9 Å². The van der Waals surface area contributed by atoms with E-state index in [1.807, 2.05) is 18.2 Å². The van der Waals surface area contributed by atoms with Crippen LogP contribution >= 0.6 is 15.9 Å². The molecular formula is C14H12BrNO3. The Morgan fingerprint density at radius 1 is 1.32 bits per heavy atom. The van der Waals surface area contributed by atoms with E-state index in [9.17, 15) is 9.90 Å². The van der Waals surface area contributed by atoms with Gasteiger partial charge in [0, 0.05) is 10.7 Å². The Morgan fingerprint density at radius 3 is 2.68 bits per heavy atom. The molecular weight excluding hydrogens is 310 g/mol. The summed E-state index contributed by atoms with van der Waals surface area (Å²) in [5.41, 5.74) is 0.720. The number of aromatic nitrogens is 1. The highest BCUT2D eigenvalue weighted by Gasteiger charge is 2.20. The summed E-state index contributed by atoms with van der Waals surface area (Å²) >= 11 is 3.28. The molecule has 5 heteroatoms. The molecule has 1 N–H and O–H groups in total. The summed E-state index contributed by atoms with van der Waals surface area (Å²) in [6.45, 7) is 0.0669. The number of aliphatic carboxylic acids is 1. The van der Waals surface area contributed by atoms with Gasteiger partial charge in [0.1, 0.15) is 18.3 Å². The van der Waals surface area contributed by atoms with Gasteiger partial charge >= 0.3 is 5.97 Å². The molecule has 1 aromatic carbocycles. The second-order valence-electron chi connectivity index (χ2n) is 3.95. The van der Waals surface area contributed by atoms with Crippen molar-refractivity contribution in [2.24, 2.45) is 0 Å². The van der Waals surface area contributed by atoms with Gasteiger partial charge in [-0.1, -0.05) is 30.3 Å². The highest BCUT2D eigenvalue weighted by molar-refractivity contribution is 9.10. The molecule has 2 rings (SSSR count). The Balaban J connectivity index is 2.08. The maximum absolute atomic E-state index is 11.3. The van der Waals surface area contributed by atoms with E-state index < -0.39 is 11.9 Å². The minimum Gasteiger partial charge on any atom is -0.491 e. The number of carbonyl (C=O) groups is 1. The van der Waals surface area contributed by atoms with E-state index in [1.165, 1.54) is 0 Å². The van der Waals surface area contributed by atoms with Crippen molar-refractivity contribution < 1.29 is 14.6 Å².